The van der Waals surface area contributed by atoms with Crippen LogP contribution < -0.4 is 10.6 Å². The molecule has 0 unspecified atom stereocenters. The quantitative estimate of drug-likeness (QED) is 0.431. The smallest absolute Gasteiger partial charge is 0.246 e. The first-order chi connectivity index (χ1) is 10.4. The third-order valence-corrected chi connectivity index (χ3v) is 3.41. The molecule has 1 heterocycles. The Morgan fingerprint density at radius 1 is 1.23 bits per heavy atom. The Bertz CT molecular complexity index is 447. The van der Waals surface area contributed by atoms with Crippen molar-refractivity contribution in [1.29, 1.82) is 0 Å². The van der Waals surface area contributed by atoms with Crippen LogP contribution in [0.5, 0.6) is 0 Å². The molecule has 22 heavy (non-hydrogen) atoms. The number of guanidine groups is 1. The van der Waals surface area contributed by atoms with Gasteiger partial charge in [-0.3, -0.25) is 9.89 Å². The number of aryl methyl sites for hydroxylation is 1. The van der Waals surface area contributed by atoms with Gasteiger partial charge in [0.1, 0.15) is 0 Å². The largest absolute Gasteiger partial charge is 0.356 e. The predicted octanol–water partition coefficient (Wildman–Crippen LogP) is 1.55. The van der Waals surface area contributed by atoms with Crippen molar-refractivity contribution in [1.82, 2.24) is 25.7 Å². The second-order valence-corrected chi connectivity index (χ2v) is 5.87. The molecule has 2 N–H and O–H groups in total. The highest BCUT2D eigenvalue weighted by Gasteiger charge is 2.12. The molecule has 7 nitrogen and oxygen atoms in total. The number of aliphatic imine (C=N–C) groups is 1. The molecule has 0 aliphatic rings. The summed E-state index contributed by atoms with van der Waals surface area (Å²) in [4.78, 5) is 10.8. The van der Waals surface area contributed by atoms with Gasteiger partial charge in [-0.05, 0) is 41.0 Å². The van der Waals surface area contributed by atoms with Crippen molar-refractivity contribution in [2.75, 3.05) is 20.1 Å². The van der Waals surface area contributed by atoms with Gasteiger partial charge < -0.3 is 15.2 Å². The average molecular weight is 310 g/mol. The van der Waals surface area contributed by atoms with Gasteiger partial charge in [-0.2, -0.15) is 4.98 Å². The van der Waals surface area contributed by atoms with Gasteiger partial charge in [0.05, 0.1) is 6.54 Å². The minimum atomic E-state index is 0.477. The molecular formula is C15H30N6O. The van der Waals surface area contributed by atoms with Gasteiger partial charge >= 0.3 is 0 Å². The fourth-order valence-corrected chi connectivity index (χ4v) is 2.37. The zero-order valence-corrected chi connectivity index (χ0v) is 14.7. The van der Waals surface area contributed by atoms with Crippen LogP contribution >= 0.6 is 0 Å². The maximum atomic E-state index is 5.06. The van der Waals surface area contributed by atoms with Crippen molar-refractivity contribution in [3.63, 3.8) is 0 Å². The van der Waals surface area contributed by atoms with Gasteiger partial charge in [0.15, 0.2) is 11.8 Å². The number of rotatable bonds is 8. The summed E-state index contributed by atoms with van der Waals surface area (Å²) in [5, 5.41) is 10.2. The highest BCUT2D eigenvalue weighted by molar-refractivity contribution is 5.79. The van der Waals surface area contributed by atoms with E-state index in [0.29, 0.717) is 30.3 Å². The third kappa shape index (κ3) is 6.43. The summed E-state index contributed by atoms with van der Waals surface area (Å²) >= 11 is 0. The Kier molecular flexibility index (Phi) is 7.87. The van der Waals surface area contributed by atoms with Crippen LogP contribution in [0.25, 0.3) is 0 Å². The van der Waals surface area contributed by atoms with Crippen LogP contribution in [0, 0.1) is 6.92 Å². The van der Waals surface area contributed by atoms with Crippen LogP contribution in [0.3, 0.4) is 0 Å². The molecule has 0 saturated heterocycles. The Morgan fingerprint density at radius 2 is 1.91 bits per heavy atom. The summed E-state index contributed by atoms with van der Waals surface area (Å²) in [5.41, 5.74) is 0. The summed E-state index contributed by atoms with van der Waals surface area (Å²) in [5.74, 6) is 1.95. The molecule has 1 aromatic heterocycles. The molecule has 126 valence electrons. The SMILES string of the molecule is CN=C(NCCCN(C(C)C)C(C)C)NCc1nc(C)no1. The minimum Gasteiger partial charge on any atom is -0.356 e. The molecule has 0 radical (unpaired) electrons. The minimum absolute atomic E-state index is 0.477. The van der Waals surface area contributed by atoms with Crippen molar-refractivity contribution < 1.29 is 4.52 Å². The number of nitrogens with zero attached hydrogens (tertiary/aromatic N) is 4. The van der Waals surface area contributed by atoms with Gasteiger partial charge in [-0.25, -0.2) is 0 Å². The molecule has 1 rings (SSSR count). The first-order valence-corrected chi connectivity index (χ1v) is 7.93. The van der Waals surface area contributed by atoms with Crippen molar-refractivity contribution in [3.05, 3.63) is 11.7 Å². The van der Waals surface area contributed by atoms with Crippen molar-refractivity contribution >= 4 is 5.96 Å². The molecule has 0 spiro atoms. The average Bonchev–Trinajstić information content (AvgIpc) is 2.86. The molecule has 0 aromatic carbocycles. The molecule has 0 atom stereocenters. The lowest BCUT2D eigenvalue weighted by Gasteiger charge is -2.30. The maximum absolute atomic E-state index is 5.06. The second kappa shape index (κ2) is 9.40. The normalized spacial score (nSPS) is 12.5. The standard InChI is InChI=1S/C15H30N6O/c1-11(2)21(12(3)4)9-7-8-17-15(16-6)18-10-14-19-13(5)20-22-14/h11-12H,7-10H2,1-6H3,(H2,16,17,18). The number of aromatic nitrogens is 2. The van der Waals surface area contributed by atoms with E-state index in [-0.39, 0.29) is 0 Å². The number of hydrogen-bond acceptors (Lipinski definition) is 5. The molecule has 0 aliphatic carbocycles. The fraction of sp³-hybridized carbons (Fsp3) is 0.800. The van der Waals surface area contributed by atoms with Crippen LogP contribution in [0.1, 0.15) is 45.8 Å². The molecule has 0 fully saturated rings. The summed E-state index contributed by atoms with van der Waals surface area (Å²) < 4.78 is 5.06. The molecular weight excluding hydrogens is 280 g/mol. The lowest BCUT2D eigenvalue weighted by atomic mass is 10.2. The van der Waals surface area contributed by atoms with Gasteiger partial charge in [-0.1, -0.05) is 5.16 Å². The Balaban J connectivity index is 2.26. The van der Waals surface area contributed by atoms with Gasteiger partial charge in [0.2, 0.25) is 5.89 Å². The lowest BCUT2D eigenvalue weighted by molar-refractivity contribution is 0.173. The Morgan fingerprint density at radius 3 is 2.41 bits per heavy atom. The Hall–Kier alpha value is -1.63. The zero-order valence-electron chi connectivity index (χ0n) is 14.7. The highest BCUT2D eigenvalue weighted by Crippen LogP contribution is 2.05. The van der Waals surface area contributed by atoms with Crippen LogP contribution in [0.2, 0.25) is 0 Å². The maximum Gasteiger partial charge on any atom is 0.246 e. The summed E-state index contributed by atoms with van der Waals surface area (Å²) in [6.45, 7) is 13.2. The molecule has 7 heteroatoms. The molecule has 0 amide bonds. The van der Waals surface area contributed by atoms with Crippen molar-refractivity contribution in [3.8, 4) is 0 Å². The molecule has 1 aromatic rings. The zero-order chi connectivity index (χ0) is 16.5. The van der Waals surface area contributed by atoms with E-state index in [2.05, 4.69) is 58.4 Å². The van der Waals surface area contributed by atoms with E-state index < -0.39 is 0 Å². The van der Waals surface area contributed by atoms with E-state index in [1.165, 1.54) is 0 Å². The van der Waals surface area contributed by atoms with E-state index in [1.54, 1.807) is 14.0 Å². The second-order valence-electron chi connectivity index (χ2n) is 5.87. The van der Waals surface area contributed by atoms with Crippen molar-refractivity contribution in [2.24, 2.45) is 4.99 Å². The highest BCUT2D eigenvalue weighted by atomic mass is 16.5. The van der Waals surface area contributed by atoms with Crippen LogP contribution in [-0.2, 0) is 6.54 Å². The third-order valence-electron chi connectivity index (χ3n) is 3.41. The summed E-state index contributed by atoms with van der Waals surface area (Å²) in [6, 6.07) is 1.14. The predicted molar refractivity (Wildman–Crippen MR) is 88.8 cm³/mol. The molecule has 0 aliphatic heterocycles. The summed E-state index contributed by atoms with van der Waals surface area (Å²) in [7, 11) is 1.75. The first-order valence-electron chi connectivity index (χ1n) is 7.93. The topological polar surface area (TPSA) is 78.6 Å². The van der Waals surface area contributed by atoms with Gasteiger partial charge in [0.25, 0.3) is 0 Å². The monoisotopic (exact) mass is 310 g/mol. The lowest BCUT2D eigenvalue weighted by Crippen LogP contribution is -2.41. The molecule has 0 saturated carbocycles. The number of hydrogen-bond donors (Lipinski definition) is 2. The van der Waals surface area contributed by atoms with E-state index in [9.17, 15) is 0 Å². The van der Waals surface area contributed by atoms with Crippen LogP contribution in [0.4, 0.5) is 0 Å². The van der Waals surface area contributed by atoms with Crippen molar-refractivity contribution in [2.45, 2.75) is 59.7 Å². The van der Waals surface area contributed by atoms with E-state index in [4.69, 9.17) is 4.52 Å². The van der Waals surface area contributed by atoms with Crippen LogP contribution in [0.15, 0.2) is 9.52 Å². The fourth-order valence-electron chi connectivity index (χ4n) is 2.37. The van der Waals surface area contributed by atoms with Gasteiger partial charge in [-0.15, -0.1) is 0 Å². The van der Waals surface area contributed by atoms with E-state index in [0.717, 1.165) is 25.5 Å². The van der Waals surface area contributed by atoms with Gasteiger partial charge in [0, 0.05) is 32.2 Å². The Labute approximate surface area is 133 Å². The molecule has 0 bridgehead atoms. The van der Waals surface area contributed by atoms with E-state index in [1.807, 2.05) is 0 Å². The van der Waals surface area contributed by atoms with E-state index >= 15 is 0 Å². The van der Waals surface area contributed by atoms with Crippen LogP contribution in [-0.4, -0.2) is 53.2 Å². The summed E-state index contributed by atoms with van der Waals surface area (Å²) in [6.07, 6.45) is 1.07. The first kappa shape index (κ1) is 18.4. The number of nitrogens with one attached hydrogen (secondary N) is 2.